The van der Waals surface area contributed by atoms with E-state index in [4.69, 9.17) is 4.74 Å². The molecule has 0 aliphatic carbocycles. The van der Waals surface area contributed by atoms with Crippen molar-refractivity contribution in [3.63, 3.8) is 0 Å². The molecule has 2 atom stereocenters. The number of hydrogen-bond acceptors (Lipinski definition) is 4. The van der Waals surface area contributed by atoms with E-state index in [0.29, 0.717) is 5.92 Å². The fourth-order valence-electron chi connectivity index (χ4n) is 2.80. The third-order valence-corrected chi connectivity index (χ3v) is 4.09. The summed E-state index contributed by atoms with van der Waals surface area (Å²) in [7, 11) is 0. The Morgan fingerprint density at radius 2 is 2.35 bits per heavy atom. The maximum atomic E-state index is 5.41. The molecule has 1 N–H and O–H groups in total. The Labute approximate surface area is 119 Å². The summed E-state index contributed by atoms with van der Waals surface area (Å²) < 4.78 is 7.34. The van der Waals surface area contributed by atoms with Crippen molar-refractivity contribution in [2.45, 2.75) is 33.2 Å². The van der Waals surface area contributed by atoms with E-state index in [1.54, 1.807) is 0 Å². The molecule has 20 heavy (non-hydrogen) atoms. The lowest BCUT2D eigenvalue weighted by atomic mass is 10.1. The molecule has 3 heterocycles. The zero-order valence-electron chi connectivity index (χ0n) is 12.4. The van der Waals surface area contributed by atoms with Crippen LogP contribution >= 0.6 is 0 Å². The number of ether oxygens (including phenoxy) is 1. The second kappa shape index (κ2) is 5.50. The third kappa shape index (κ3) is 2.55. The van der Waals surface area contributed by atoms with Crippen molar-refractivity contribution in [1.82, 2.24) is 19.9 Å². The predicted molar refractivity (Wildman–Crippen MR) is 77.8 cm³/mol. The molecule has 2 aromatic heterocycles. The van der Waals surface area contributed by atoms with Crippen LogP contribution in [0.15, 0.2) is 12.3 Å². The van der Waals surface area contributed by atoms with Crippen LogP contribution in [0.2, 0.25) is 0 Å². The zero-order valence-corrected chi connectivity index (χ0v) is 12.4. The van der Waals surface area contributed by atoms with Gasteiger partial charge in [0.2, 0.25) is 0 Å². The Hall–Kier alpha value is -1.46. The second-order valence-electron chi connectivity index (χ2n) is 5.71. The van der Waals surface area contributed by atoms with E-state index < -0.39 is 0 Å². The molecule has 5 nitrogen and oxygen atoms in total. The smallest absolute Gasteiger partial charge is 0.155 e. The number of aromatic nitrogens is 3. The summed E-state index contributed by atoms with van der Waals surface area (Å²) in [5.41, 5.74) is 4.28. The van der Waals surface area contributed by atoms with Gasteiger partial charge in [-0.25, -0.2) is 9.50 Å². The highest BCUT2D eigenvalue weighted by molar-refractivity contribution is 5.42. The molecular formula is C15H22N4O. The van der Waals surface area contributed by atoms with Crippen LogP contribution in [0.1, 0.15) is 36.3 Å². The third-order valence-electron chi connectivity index (χ3n) is 4.09. The summed E-state index contributed by atoms with van der Waals surface area (Å²) in [5, 5.41) is 8.09. The second-order valence-corrected chi connectivity index (χ2v) is 5.71. The minimum atomic E-state index is 0.275. The van der Waals surface area contributed by atoms with Crippen LogP contribution in [-0.4, -0.2) is 34.4 Å². The Morgan fingerprint density at radius 1 is 1.50 bits per heavy atom. The van der Waals surface area contributed by atoms with Gasteiger partial charge in [-0.05, 0) is 33.1 Å². The Kier molecular flexibility index (Phi) is 3.72. The van der Waals surface area contributed by atoms with E-state index in [9.17, 15) is 0 Å². The molecule has 1 aliphatic rings. The maximum Gasteiger partial charge on any atom is 0.155 e. The predicted octanol–water partition coefficient (Wildman–Crippen LogP) is 2.03. The van der Waals surface area contributed by atoms with Crippen LogP contribution in [-0.2, 0) is 4.74 Å². The highest BCUT2D eigenvalue weighted by atomic mass is 16.5. The van der Waals surface area contributed by atoms with Crippen LogP contribution < -0.4 is 5.32 Å². The molecule has 1 saturated heterocycles. The molecule has 2 unspecified atom stereocenters. The quantitative estimate of drug-likeness (QED) is 0.927. The molecule has 3 rings (SSSR count). The van der Waals surface area contributed by atoms with Crippen molar-refractivity contribution in [3.8, 4) is 0 Å². The van der Waals surface area contributed by atoms with Gasteiger partial charge in [-0.2, -0.15) is 5.10 Å². The molecule has 0 amide bonds. The first-order valence-corrected chi connectivity index (χ1v) is 7.28. The number of rotatable bonds is 4. The Balaban J connectivity index is 1.76. The number of fused-ring (bicyclic) bond motifs is 1. The molecule has 0 radical (unpaired) electrons. The average molecular weight is 274 g/mol. The highest BCUT2D eigenvalue weighted by Crippen LogP contribution is 2.19. The molecule has 0 spiro atoms. The lowest BCUT2D eigenvalue weighted by Crippen LogP contribution is -2.27. The highest BCUT2D eigenvalue weighted by Gasteiger charge is 2.18. The van der Waals surface area contributed by atoms with E-state index >= 15 is 0 Å². The maximum absolute atomic E-state index is 5.41. The number of nitrogens with zero attached hydrogens (tertiary/aromatic N) is 3. The van der Waals surface area contributed by atoms with Gasteiger partial charge >= 0.3 is 0 Å². The molecule has 0 bridgehead atoms. The summed E-state index contributed by atoms with van der Waals surface area (Å²) >= 11 is 0. The van der Waals surface area contributed by atoms with Crippen molar-refractivity contribution in [3.05, 3.63) is 29.2 Å². The molecule has 1 aliphatic heterocycles. The molecule has 0 saturated carbocycles. The first-order chi connectivity index (χ1) is 9.65. The SMILES string of the molecule is Cc1cc2ncc(C(C)NCC3CCOC3)c(C)n2n1. The average Bonchev–Trinajstić information content (AvgIpc) is 3.05. The first kappa shape index (κ1) is 13.5. The fraction of sp³-hybridized carbons (Fsp3) is 0.600. The molecule has 0 aromatic carbocycles. The van der Waals surface area contributed by atoms with Gasteiger partial charge in [0.25, 0.3) is 0 Å². The van der Waals surface area contributed by atoms with Gasteiger partial charge in [-0.1, -0.05) is 0 Å². The van der Waals surface area contributed by atoms with Crippen molar-refractivity contribution >= 4 is 5.65 Å². The monoisotopic (exact) mass is 274 g/mol. The molecule has 5 heteroatoms. The largest absolute Gasteiger partial charge is 0.381 e. The topological polar surface area (TPSA) is 51.5 Å². The summed E-state index contributed by atoms with van der Waals surface area (Å²) in [6.45, 7) is 9.07. The summed E-state index contributed by atoms with van der Waals surface area (Å²) in [6.07, 6.45) is 3.13. The molecule has 1 fully saturated rings. The van der Waals surface area contributed by atoms with Crippen LogP contribution in [0.25, 0.3) is 5.65 Å². The van der Waals surface area contributed by atoms with Gasteiger partial charge in [0.1, 0.15) is 0 Å². The van der Waals surface area contributed by atoms with E-state index in [-0.39, 0.29) is 6.04 Å². The van der Waals surface area contributed by atoms with Gasteiger partial charge in [0.15, 0.2) is 5.65 Å². The normalized spacial score (nSPS) is 20.6. The lowest BCUT2D eigenvalue weighted by molar-refractivity contribution is 0.184. The van der Waals surface area contributed by atoms with E-state index in [1.807, 2.05) is 23.7 Å². The molecular weight excluding hydrogens is 252 g/mol. The van der Waals surface area contributed by atoms with Crippen LogP contribution in [0.4, 0.5) is 0 Å². The van der Waals surface area contributed by atoms with Crippen molar-refractivity contribution < 1.29 is 4.74 Å². The number of nitrogens with one attached hydrogen (secondary N) is 1. The van der Waals surface area contributed by atoms with Crippen LogP contribution in [0.5, 0.6) is 0 Å². The Morgan fingerprint density at radius 3 is 3.10 bits per heavy atom. The van der Waals surface area contributed by atoms with E-state index in [2.05, 4.69) is 29.2 Å². The fourth-order valence-corrected chi connectivity index (χ4v) is 2.80. The summed E-state index contributed by atoms with van der Waals surface area (Å²) in [5.74, 6) is 0.640. The van der Waals surface area contributed by atoms with Gasteiger partial charge in [-0.15, -0.1) is 0 Å². The Bertz CT molecular complexity index is 601. The van der Waals surface area contributed by atoms with Crippen molar-refractivity contribution in [2.75, 3.05) is 19.8 Å². The summed E-state index contributed by atoms with van der Waals surface area (Å²) in [6, 6.07) is 2.28. The van der Waals surface area contributed by atoms with Crippen LogP contribution in [0, 0.1) is 19.8 Å². The van der Waals surface area contributed by atoms with E-state index in [1.165, 1.54) is 5.56 Å². The standard InChI is InChI=1S/C15H22N4O/c1-10-6-15-17-8-14(12(3)19(15)18-10)11(2)16-7-13-4-5-20-9-13/h6,8,11,13,16H,4-5,7,9H2,1-3H3. The van der Waals surface area contributed by atoms with Gasteiger partial charge in [0, 0.05) is 42.7 Å². The summed E-state index contributed by atoms with van der Waals surface area (Å²) in [4.78, 5) is 4.50. The number of aryl methyl sites for hydroxylation is 2. The van der Waals surface area contributed by atoms with E-state index in [0.717, 1.165) is 43.2 Å². The van der Waals surface area contributed by atoms with Gasteiger partial charge < -0.3 is 10.1 Å². The van der Waals surface area contributed by atoms with Crippen LogP contribution in [0.3, 0.4) is 0 Å². The van der Waals surface area contributed by atoms with Crippen molar-refractivity contribution in [1.29, 1.82) is 0 Å². The van der Waals surface area contributed by atoms with Crippen molar-refractivity contribution in [2.24, 2.45) is 5.92 Å². The van der Waals surface area contributed by atoms with Gasteiger partial charge in [0.05, 0.1) is 12.3 Å². The lowest BCUT2D eigenvalue weighted by Gasteiger charge is -2.18. The minimum absolute atomic E-state index is 0.275. The van der Waals surface area contributed by atoms with Gasteiger partial charge in [-0.3, -0.25) is 0 Å². The number of hydrogen-bond donors (Lipinski definition) is 1. The zero-order chi connectivity index (χ0) is 14.1. The first-order valence-electron chi connectivity index (χ1n) is 7.28. The minimum Gasteiger partial charge on any atom is -0.381 e. The molecule has 108 valence electrons. The molecule has 2 aromatic rings.